The zero-order chi connectivity index (χ0) is 16.9. The Morgan fingerprint density at radius 1 is 1.25 bits per heavy atom. The van der Waals surface area contributed by atoms with E-state index in [1.54, 1.807) is 43.8 Å². The largest absolute Gasteiger partial charge is 0.493 e. The number of benzene rings is 1. The van der Waals surface area contributed by atoms with Crippen molar-refractivity contribution in [3.63, 3.8) is 0 Å². The Morgan fingerprint density at radius 3 is 2.88 bits per heavy atom. The van der Waals surface area contributed by atoms with E-state index in [-0.39, 0.29) is 5.91 Å². The number of carbonyl (C=O) groups excluding carboxylic acids is 1. The lowest BCUT2D eigenvalue weighted by Gasteiger charge is -2.26. The van der Waals surface area contributed by atoms with E-state index >= 15 is 0 Å². The lowest BCUT2D eigenvalue weighted by molar-refractivity contribution is -0.126. The summed E-state index contributed by atoms with van der Waals surface area (Å²) in [6, 6.07) is 5.53. The summed E-state index contributed by atoms with van der Waals surface area (Å²) in [5, 5.41) is 0. The van der Waals surface area contributed by atoms with Gasteiger partial charge in [0.05, 0.1) is 19.9 Å². The van der Waals surface area contributed by atoms with Crippen LogP contribution in [-0.4, -0.2) is 41.5 Å². The molecule has 0 unspecified atom stereocenters. The minimum atomic E-state index is -0.0284. The van der Waals surface area contributed by atoms with E-state index in [1.807, 2.05) is 18.2 Å². The van der Waals surface area contributed by atoms with Crippen LogP contribution in [0.15, 0.2) is 36.8 Å². The van der Waals surface area contributed by atoms with Gasteiger partial charge in [0.15, 0.2) is 11.5 Å². The van der Waals surface area contributed by atoms with E-state index in [2.05, 4.69) is 9.97 Å². The predicted molar refractivity (Wildman–Crippen MR) is 89.7 cm³/mol. The highest BCUT2D eigenvalue weighted by Crippen LogP contribution is 2.28. The molecule has 0 radical (unpaired) electrons. The molecule has 6 heteroatoms. The summed E-state index contributed by atoms with van der Waals surface area (Å²) in [5.74, 6) is 1.27. The van der Waals surface area contributed by atoms with Gasteiger partial charge in [0.1, 0.15) is 6.33 Å². The van der Waals surface area contributed by atoms with Crippen LogP contribution >= 0.6 is 0 Å². The van der Waals surface area contributed by atoms with Gasteiger partial charge in [0, 0.05) is 37.3 Å². The van der Waals surface area contributed by atoms with Gasteiger partial charge in [-0.3, -0.25) is 4.79 Å². The number of methoxy groups -OCH3 is 2. The molecular weight excluding hydrogens is 306 g/mol. The fraction of sp³-hybridized carbons (Fsp3) is 0.278. The zero-order valence-corrected chi connectivity index (χ0v) is 13.7. The average Bonchev–Trinajstić information content (AvgIpc) is 2.65. The number of aromatic nitrogens is 2. The smallest absolute Gasteiger partial charge is 0.246 e. The van der Waals surface area contributed by atoms with Gasteiger partial charge >= 0.3 is 0 Å². The highest BCUT2D eigenvalue weighted by Gasteiger charge is 2.19. The lowest BCUT2D eigenvalue weighted by Crippen LogP contribution is -2.35. The van der Waals surface area contributed by atoms with E-state index in [9.17, 15) is 4.79 Å². The number of carbonyl (C=O) groups is 1. The second kappa shape index (κ2) is 7.12. The molecule has 1 amide bonds. The SMILES string of the molecule is COc1ccc(/C=C/C(=O)N2CCc3ncncc3C2)cc1OC. The van der Waals surface area contributed by atoms with Crippen molar-refractivity contribution in [2.24, 2.45) is 0 Å². The molecule has 1 aromatic heterocycles. The molecule has 0 aliphatic carbocycles. The van der Waals surface area contributed by atoms with Crippen LogP contribution in [0.1, 0.15) is 16.8 Å². The van der Waals surface area contributed by atoms with Crippen molar-refractivity contribution in [3.05, 3.63) is 53.6 Å². The Morgan fingerprint density at radius 2 is 2.08 bits per heavy atom. The van der Waals surface area contributed by atoms with Gasteiger partial charge in [-0.1, -0.05) is 6.07 Å². The monoisotopic (exact) mass is 325 g/mol. The van der Waals surface area contributed by atoms with Crippen molar-refractivity contribution in [3.8, 4) is 11.5 Å². The minimum absolute atomic E-state index is 0.0284. The first-order valence-corrected chi connectivity index (χ1v) is 7.68. The molecule has 0 atom stereocenters. The molecule has 1 aliphatic rings. The quantitative estimate of drug-likeness (QED) is 0.806. The summed E-state index contributed by atoms with van der Waals surface area (Å²) in [5.41, 5.74) is 2.91. The summed E-state index contributed by atoms with van der Waals surface area (Å²) in [7, 11) is 3.18. The fourth-order valence-corrected chi connectivity index (χ4v) is 2.68. The van der Waals surface area contributed by atoms with E-state index in [4.69, 9.17) is 9.47 Å². The van der Waals surface area contributed by atoms with Crippen molar-refractivity contribution >= 4 is 12.0 Å². The molecule has 0 bridgehead atoms. The van der Waals surface area contributed by atoms with Crippen LogP contribution < -0.4 is 9.47 Å². The van der Waals surface area contributed by atoms with Gasteiger partial charge in [0.2, 0.25) is 5.91 Å². The molecule has 0 N–H and O–H groups in total. The number of ether oxygens (including phenoxy) is 2. The maximum Gasteiger partial charge on any atom is 0.246 e. The summed E-state index contributed by atoms with van der Waals surface area (Å²) >= 11 is 0. The molecule has 2 heterocycles. The van der Waals surface area contributed by atoms with Gasteiger partial charge in [-0.05, 0) is 23.8 Å². The Hall–Kier alpha value is -2.89. The van der Waals surface area contributed by atoms with Gasteiger partial charge in [-0.15, -0.1) is 0 Å². The molecule has 0 spiro atoms. The molecule has 24 heavy (non-hydrogen) atoms. The van der Waals surface area contributed by atoms with E-state index < -0.39 is 0 Å². The number of amides is 1. The molecular formula is C18H19N3O3. The summed E-state index contributed by atoms with van der Waals surface area (Å²) in [6.45, 7) is 1.21. The van der Waals surface area contributed by atoms with Crippen LogP contribution in [0.25, 0.3) is 6.08 Å². The normalized spacial score (nSPS) is 13.7. The maximum absolute atomic E-state index is 12.4. The molecule has 0 saturated heterocycles. The third kappa shape index (κ3) is 3.37. The lowest BCUT2D eigenvalue weighted by atomic mass is 10.1. The van der Waals surface area contributed by atoms with Crippen LogP contribution in [0.2, 0.25) is 0 Å². The molecule has 1 aromatic carbocycles. The van der Waals surface area contributed by atoms with Crippen LogP contribution in [0.3, 0.4) is 0 Å². The minimum Gasteiger partial charge on any atom is -0.493 e. The first kappa shape index (κ1) is 16.0. The standard InChI is InChI=1S/C18H19N3O3/c1-23-16-5-3-13(9-17(16)24-2)4-6-18(22)21-8-7-15-14(11-21)10-19-12-20-15/h3-6,9-10,12H,7-8,11H2,1-2H3/b6-4+. The van der Waals surface area contributed by atoms with Crippen LogP contribution in [-0.2, 0) is 17.8 Å². The van der Waals surface area contributed by atoms with Crippen LogP contribution in [0.5, 0.6) is 11.5 Å². The van der Waals surface area contributed by atoms with E-state index in [0.29, 0.717) is 24.6 Å². The Labute approximate surface area is 140 Å². The van der Waals surface area contributed by atoms with Crippen molar-refractivity contribution in [2.75, 3.05) is 20.8 Å². The Balaban J connectivity index is 1.70. The fourth-order valence-electron chi connectivity index (χ4n) is 2.68. The van der Waals surface area contributed by atoms with E-state index in [1.165, 1.54) is 0 Å². The first-order chi connectivity index (χ1) is 11.7. The third-order valence-electron chi connectivity index (χ3n) is 4.00. The van der Waals surface area contributed by atoms with E-state index in [0.717, 1.165) is 23.2 Å². The van der Waals surface area contributed by atoms with Crippen molar-refractivity contribution in [2.45, 2.75) is 13.0 Å². The molecule has 0 fully saturated rings. The van der Waals surface area contributed by atoms with Gasteiger partial charge in [-0.25, -0.2) is 9.97 Å². The third-order valence-corrected chi connectivity index (χ3v) is 4.00. The summed E-state index contributed by atoms with van der Waals surface area (Å²) in [6.07, 6.45) is 7.44. The van der Waals surface area contributed by atoms with Crippen LogP contribution in [0, 0.1) is 0 Å². The second-order valence-electron chi connectivity index (χ2n) is 5.45. The molecule has 6 nitrogen and oxygen atoms in total. The number of hydrogen-bond acceptors (Lipinski definition) is 5. The molecule has 0 saturated carbocycles. The predicted octanol–water partition coefficient (Wildman–Crippen LogP) is 2.09. The van der Waals surface area contributed by atoms with Crippen LogP contribution in [0.4, 0.5) is 0 Å². The Bertz CT molecular complexity index is 774. The van der Waals surface area contributed by atoms with Gasteiger partial charge in [-0.2, -0.15) is 0 Å². The number of nitrogens with zero attached hydrogens (tertiary/aromatic N) is 3. The molecule has 3 rings (SSSR count). The van der Waals surface area contributed by atoms with Crippen molar-refractivity contribution in [1.29, 1.82) is 0 Å². The topological polar surface area (TPSA) is 64.5 Å². The molecule has 124 valence electrons. The Kier molecular flexibility index (Phi) is 4.74. The summed E-state index contributed by atoms with van der Waals surface area (Å²) < 4.78 is 10.5. The van der Waals surface area contributed by atoms with Gasteiger partial charge < -0.3 is 14.4 Å². The average molecular weight is 325 g/mol. The molecule has 1 aliphatic heterocycles. The highest BCUT2D eigenvalue weighted by molar-refractivity contribution is 5.92. The van der Waals surface area contributed by atoms with Gasteiger partial charge in [0.25, 0.3) is 0 Å². The highest BCUT2D eigenvalue weighted by atomic mass is 16.5. The maximum atomic E-state index is 12.4. The zero-order valence-electron chi connectivity index (χ0n) is 13.7. The summed E-state index contributed by atoms with van der Waals surface area (Å²) in [4.78, 5) is 22.5. The second-order valence-corrected chi connectivity index (χ2v) is 5.45. The molecule has 2 aromatic rings. The number of hydrogen-bond donors (Lipinski definition) is 0. The van der Waals surface area contributed by atoms with Crippen molar-refractivity contribution in [1.82, 2.24) is 14.9 Å². The first-order valence-electron chi connectivity index (χ1n) is 7.68. The number of fused-ring (bicyclic) bond motifs is 1. The number of rotatable bonds is 4. The van der Waals surface area contributed by atoms with Crippen molar-refractivity contribution < 1.29 is 14.3 Å².